The minimum atomic E-state index is -4.55. The van der Waals surface area contributed by atoms with Crippen molar-refractivity contribution < 1.29 is 30.8 Å². The van der Waals surface area contributed by atoms with Crippen molar-refractivity contribution in [3.8, 4) is 0 Å². The number of benzene rings is 2. The van der Waals surface area contributed by atoms with Crippen LogP contribution in [0.4, 0.5) is 23.2 Å². The molecule has 1 amide bonds. The predicted octanol–water partition coefficient (Wildman–Crippen LogP) is 3.23. The molecule has 0 fully saturated rings. The number of alkyl halides is 3. The number of anilines is 1. The van der Waals surface area contributed by atoms with E-state index in [-0.39, 0.29) is 16.1 Å². The van der Waals surface area contributed by atoms with E-state index >= 15 is 0 Å². The van der Waals surface area contributed by atoms with E-state index in [9.17, 15) is 30.8 Å². The molecule has 5 nitrogen and oxygen atoms in total. The number of hydrogen-bond donors (Lipinski definition) is 2. The Kier molecular flexibility index (Phi) is 5.55. The molecule has 0 bridgehead atoms. The highest BCUT2D eigenvalue weighted by atomic mass is 32.2. The first-order valence-corrected chi connectivity index (χ1v) is 8.70. The van der Waals surface area contributed by atoms with Gasteiger partial charge in [-0.15, -0.1) is 0 Å². The second-order valence-corrected chi connectivity index (χ2v) is 7.09. The summed E-state index contributed by atoms with van der Waals surface area (Å²) in [4.78, 5) is 11.3. The summed E-state index contributed by atoms with van der Waals surface area (Å²) in [6.45, 7) is 0.158. The van der Waals surface area contributed by atoms with Crippen LogP contribution in [0.5, 0.6) is 0 Å². The van der Waals surface area contributed by atoms with E-state index in [0.29, 0.717) is 5.56 Å². The zero-order valence-corrected chi connectivity index (χ0v) is 14.2. The molecule has 0 aromatic heterocycles. The summed E-state index contributed by atoms with van der Waals surface area (Å²) in [5.74, 6) is -1.76. The number of rotatable bonds is 5. The summed E-state index contributed by atoms with van der Waals surface area (Å²) < 4.78 is 76.6. The lowest BCUT2D eigenvalue weighted by Crippen LogP contribution is -2.33. The molecule has 0 radical (unpaired) electrons. The van der Waals surface area contributed by atoms with Gasteiger partial charge in [0.15, 0.2) is 0 Å². The van der Waals surface area contributed by atoms with Gasteiger partial charge in [-0.1, -0.05) is 6.07 Å². The van der Waals surface area contributed by atoms with E-state index in [2.05, 4.69) is 4.72 Å². The maximum atomic E-state index is 13.7. The average molecular weight is 390 g/mol. The number of carbonyl (C=O) groups excluding carboxylic acids is 1. The molecule has 0 aliphatic carbocycles. The third-order valence-corrected chi connectivity index (χ3v) is 4.62. The van der Waals surface area contributed by atoms with Gasteiger partial charge in [0.05, 0.1) is 10.6 Å². The first-order valence-electron chi connectivity index (χ1n) is 7.22. The van der Waals surface area contributed by atoms with Gasteiger partial charge in [0, 0.05) is 5.56 Å². The van der Waals surface area contributed by atoms with Crippen molar-refractivity contribution in [1.82, 2.24) is 5.32 Å². The zero-order valence-electron chi connectivity index (χ0n) is 13.4. The van der Waals surface area contributed by atoms with E-state index in [4.69, 9.17) is 0 Å². The largest absolute Gasteiger partial charge is 0.405 e. The molecular weight excluding hydrogens is 376 g/mol. The molecule has 2 rings (SSSR count). The van der Waals surface area contributed by atoms with Gasteiger partial charge in [-0.3, -0.25) is 9.52 Å². The van der Waals surface area contributed by atoms with Crippen LogP contribution in [-0.4, -0.2) is 27.0 Å². The maximum absolute atomic E-state index is 13.7. The number of hydrogen-bond acceptors (Lipinski definition) is 3. The Labute approximate surface area is 147 Å². The fraction of sp³-hybridized carbons (Fsp3) is 0.188. The van der Waals surface area contributed by atoms with Gasteiger partial charge in [-0.05, 0) is 48.9 Å². The summed E-state index contributed by atoms with van der Waals surface area (Å²) in [6.07, 6.45) is -4.55. The summed E-state index contributed by atoms with van der Waals surface area (Å²) in [7, 11) is -4.13. The fourth-order valence-electron chi connectivity index (χ4n) is 1.99. The smallest absolute Gasteiger partial charge is 0.343 e. The van der Waals surface area contributed by atoms with Crippen molar-refractivity contribution in [1.29, 1.82) is 0 Å². The number of sulfonamides is 1. The first-order chi connectivity index (χ1) is 12.0. The van der Waals surface area contributed by atoms with Crippen molar-refractivity contribution in [3.63, 3.8) is 0 Å². The Balaban J connectivity index is 2.16. The molecule has 26 heavy (non-hydrogen) atoms. The van der Waals surface area contributed by atoms with Crippen LogP contribution < -0.4 is 10.0 Å². The highest BCUT2D eigenvalue weighted by Crippen LogP contribution is 2.21. The topological polar surface area (TPSA) is 75.3 Å². The molecule has 0 saturated carbocycles. The summed E-state index contributed by atoms with van der Waals surface area (Å²) in [5, 5.41) is 1.67. The molecule has 2 aromatic carbocycles. The van der Waals surface area contributed by atoms with Crippen LogP contribution in [-0.2, 0) is 10.0 Å². The fourth-order valence-corrected chi connectivity index (χ4v) is 3.05. The standard InChI is InChI=1S/C16H14F4N2O3S/c1-10-2-7-13(17)14(8-10)22-26(24,25)12-5-3-11(4-6-12)15(23)21-9-16(18,19)20/h2-8,22H,9H2,1H3,(H,21,23). The molecule has 140 valence electrons. The Morgan fingerprint density at radius 3 is 2.27 bits per heavy atom. The number of amides is 1. The molecule has 0 aliphatic rings. The van der Waals surface area contributed by atoms with Crippen molar-refractivity contribution in [2.45, 2.75) is 18.0 Å². The molecule has 0 heterocycles. The summed E-state index contributed by atoms with van der Waals surface area (Å²) in [5.41, 5.74) is 0.257. The normalized spacial score (nSPS) is 11.9. The number of carbonyl (C=O) groups is 1. The van der Waals surface area contributed by atoms with Crippen LogP contribution >= 0.6 is 0 Å². The monoisotopic (exact) mass is 390 g/mol. The molecule has 0 saturated heterocycles. The Hall–Kier alpha value is -2.62. The van der Waals surface area contributed by atoms with Gasteiger partial charge >= 0.3 is 6.18 Å². The summed E-state index contributed by atoms with van der Waals surface area (Å²) >= 11 is 0. The minimum Gasteiger partial charge on any atom is -0.343 e. The molecule has 10 heteroatoms. The van der Waals surface area contributed by atoms with E-state index in [0.717, 1.165) is 30.3 Å². The minimum absolute atomic E-state index is 0.144. The molecule has 2 N–H and O–H groups in total. The first kappa shape index (κ1) is 19.7. The van der Waals surface area contributed by atoms with E-state index in [1.807, 2.05) is 0 Å². The van der Waals surface area contributed by atoms with Crippen molar-refractivity contribution >= 4 is 21.6 Å². The van der Waals surface area contributed by atoms with Crippen LogP contribution in [0.3, 0.4) is 0 Å². The van der Waals surface area contributed by atoms with Gasteiger partial charge in [-0.2, -0.15) is 13.2 Å². The van der Waals surface area contributed by atoms with Crippen LogP contribution in [0, 0.1) is 12.7 Å². The number of halogens is 4. The molecule has 2 aromatic rings. The quantitative estimate of drug-likeness (QED) is 0.770. The summed E-state index contributed by atoms with van der Waals surface area (Å²) in [6, 6.07) is 8.10. The predicted molar refractivity (Wildman–Crippen MR) is 86.8 cm³/mol. The Morgan fingerprint density at radius 1 is 1.08 bits per heavy atom. The maximum Gasteiger partial charge on any atom is 0.405 e. The van der Waals surface area contributed by atoms with Crippen molar-refractivity contribution in [2.24, 2.45) is 0 Å². The second-order valence-electron chi connectivity index (χ2n) is 5.41. The van der Waals surface area contributed by atoms with Crippen LogP contribution in [0.2, 0.25) is 0 Å². The van der Waals surface area contributed by atoms with Crippen LogP contribution in [0.15, 0.2) is 47.4 Å². The number of nitrogens with one attached hydrogen (secondary N) is 2. The van der Waals surface area contributed by atoms with Crippen molar-refractivity contribution in [3.05, 3.63) is 59.4 Å². The SMILES string of the molecule is Cc1ccc(F)c(NS(=O)(=O)c2ccc(C(=O)NCC(F)(F)F)cc2)c1. The third kappa shape index (κ3) is 5.19. The third-order valence-electron chi connectivity index (χ3n) is 3.24. The molecule has 0 atom stereocenters. The molecule has 0 aliphatic heterocycles. The van der Waals surface area contributed by atoms with E-state index < -0.39 is 34.5 Å². The van der Waals surface area contributed by atoms with E-state index in [1.54, 1.807) is 12.2 Å². The van der Waals surface area contributed by atoms with Gasteiger partial charge in [0.25, 0.3) is 15.9 Å². The average Bonchev–Trinajstić information content (AvgIpc) is 2.55. The lowest BCUT2D eigenvalue weighted by molar-refractivity contribution is -0.123. The second kappa shape index (κ2) is 7.32. The van der Waals surface area contributed by atoms with E-state index in [1.165, 1.54) is 12.1 Å². The molecular formula is C16H14F4N2O3S. The van der Waals surface area contributed by atoms with Gasteiger partial charge in [-0.25, -0.2) is 12.8 Å². The van der Waals surface area contributed by atoms with Gasteiger partial charge in [0.2, 0.25) is 0 Å². The van der Waals surface area contributed by atoms with Crippen molar-refractivity contribution in [2.75, 3.05) is 11.3 Å². The van der Waals surface area contributed by atoms with Gasteiger partial charge < -0.3 is 5.32 Å². The van der Waals surface area contributed by atoms with Crippen LogP contribution in [0.25, 0.3) is 0 Å². The molecule has 0 unspecified atom stereocenters. The zero-order chi connectivity index (χ0) is 19.5. The highest BCUT2D eigenvalue weighted by molar-refractivity contribution is 7.92. The van der Waals surface area contributed by atoms with Gasteiger partial charge in [0.1, 0.15) is 12.4 Å². The Bertz CT molecular complexity index is 910. The molecule has 0 spiro atoms. The number of aryl methyl sites for hydroxylation is 1. The van der Waals surface area contributed by atoms with Crippen LogP contribution in [0.1, 0.15) is 15.9 Å². The lowest BCUT2D eigenvalue weighted by Gasteiger charge is -2.11. The Morgan fingerprint density at radius 2 is 1.69 bits per heavy atom. The highest BCUT2D eigenvalue weighted by Gasteiger charge is 2.28. The lowest BCUT2D eigenvalue weighted by atomic mass is 10.2.